The fourth-order valence-electron chi connectivity index (χ4n) is 0.480. The SMILES string of the molecule is O=S(O)OS(=O)(=O)On1ccnc1. The smallest absolute Gasteiger partial charge is 0.283 e. The first-order chi connectivity index (χ1) is 5.99. The molecule has 13 heavy (non-hydrogen) atoms. The zero-order chi connectivity index (χ0) is 9.90. The Bertz CT molecular complexity index is 382. The Balaban J connectivity index is 2.68. The fraction of sp³-hybridized carbons (Fsp3) is 0. The Morgan fingerprint density at radius 3 is 2.69 bits per heavy atom. The van der Waals surface area contributed by atoms with Crippen LogP contribution in [0.4, 0.5) is 0 Å². The van der Waals surface area contributed by atoms with Crippen LogP contribution in [0.5, 0.6) is 0 Å². The second kappa shape index (κ2) is 3.83. The van der Waals surface area contributed by atoms with Crippen molar-refractivity contribution < 1.29 is 25.1 Å². The minimum Gasteiger partial charge on any atom is -0.283 e. The van der Waals surface area contributed by atoms with Crippen molar-refractivity contribution in [3.8, 4) is 0 Å². The van der Waals surface area contributed by atoms with Crippen LogP contribution in [0.3, 0.4) is 0 Å². The quantitative estimate of drug-likeness (QED) is 0.638. The topological polar surface area (TPSA) is 108 Å². The molecular formula is C3H4N2O6S2. The molecule has 1 unspecified atom stereocenters. The van der Waals surface area contributed by atoms with E-state index in [1.54, 1.807) is 0 Å². The van der Waals surface area contributed by atoms with Gasteiger partial charge in [-0.3, -0.25) is 8.84 Å². The van der Waals surface area contributed by atoms with Crippen molar-refractivity contribution in [2.45, 2.75) is 0 Å². The summed E-state index contributed by atoms with van der Waals surface area (Å²) in [6.07, 6.45) is 3.45. The first-order valence-electron chi connectivity index (χ1n) is 2.73. The van der Waals surface area contributed by atoms with Crippen molar-refractivity contribution in [3.63, 3.8) is 0 Å². The van der Waals surface area contributed by atoms with E-state index >= 15 is 0 Å². The van der Waals surface area contributed by atoms with Gasteiger partial charge in [0, 0.05) is 6.20 Å². The van der Waals surface area contributed by atoms with E-state index in [-0.39, 0.29) is 0 Å². The van der Waals surface area contributed by atoms with Crippen LogP contribution < -0.4 is 4.28 Å². The van der Waals surface area contributed by atoms with Crippen LogP contribution in [-0.2, 0) is 25.4 Å². The molecule has 0 aliphatic rings. The van der Waals surface area contributed by atoms with Crippen molar-refractivity contribution in [3.05, 3.63) is 18.7 Å². The Kier molecular flexibility index (Phi) is 2.98. The summed E-state index contributed by atoms with van der Waals surface area (Å²) < 4.78 is 47.7. The third kappa shape index (κ3) is 3.50. The van der Waals surface area contributed by atoms with Gasteiger partial charge in [-0.05, 0) is 0 Å². The molecule has 0 aliphatic heterocycles. The minimum atomic E-state index is -4.53. The lowest BCUT2D eigenvalue weighted by atomic mass is 11.0. The molecule has 0 bridgehead atoms. The average molecular weight is 228 g/mol. The van der Waals surface area contributed by atoms with Gasteiger partial charge in [0.25, 0.3) is 0 Å². The third-order valence-electron chi connectivity index (χ3n) is 0.799. The van der Waals surface area contributed by atoms with Crippen molar-refractivity contribution in [1.29, 1.82) is 0 Å². The van der Waals surface area contributed by atoms with Gasteiger partial charge in [0.15, 0.2) is 0 Å². The van der Waals surface area contributed by atoms with Crippen LogP contribution in [0.25, 0.3) is 0 Å². The molecule has 0 aromatic carbocycles. The highest BCUT2D eigenvalue weighted by Gasteiger charge is 2.17. The number of imidazole rings is 1. The predicted octanol–water partition coefficient (Wildman–Crippen LogP) is -1.29. The normalized spacial score (nSPS) is 13.9. The molecule has 1 N–H and O–H groups in total. The molecule has 8 nitrogen and oxygen atoms in total. The van der Waals surface area contributed by atoms with Crippen LogP contribution in [0.1, 0.15) is 0 Å². The summed E-state index contributed by atoms with van der Waals surface area (Å²) in [5.41, 5.74) is 0. The lowest BCUT2D eigenvalue weighted by molar-refractivity contribution is 0.243. The Labute approximate surface area is 75.9 Å². The number of hydrogen-bond donors (Lipinski definition) is 1. The first-order valence-corrected chi connectivity index (χ1v) is 5.10. The molecule has 1 aromatic rings. The van der Waals surface area contributed by atoms with E-state index in [9.17, 15) is 12.6 Å². The van der Waals surface area contributed by atoms with E-state index in [0.29, 0.717) is 4.73 Å². The number of nitrogens with zero attached hydrogens (tertiary/aromatic N) is 2. The number of rotatable bonds is 4. The Morgan fingerprint density at radius 1 is 1.54 bits per heavy atom. The van der Waals surface area contributed by atoms with Crippen LogP contribution >= 0.6 is 0 Å². The molecule has 0 saturated carbocycles. The summed E-state index contributed by atoms with van der Waals surface area (Å²) in [6.45, 7) is 0. The Morgan fingerprint density at radius 2 is 2.23 bits per heavy atom. The zero-order valence-electron chi connectivity index (χ0n) is 5.93. The van der Waals surface area contributed by atoms with Crippen molar-refractivity contribution in [1.82, 2.24) is 9.71 Å². The van der Waals surface area contributed by atoms with E-state index in [1.807, 2.05) is 0 Å². The molecular weight excluding hydrogens is 224 g/mol. The minimum absolute atomic E-state index is 0.697. The Hall–Kier alpha value is -0.970. The molecule has 0 fully saturated rings. The highest BCUT2D eigenvalue weighted by atomic mass is 32.3. The third-order valence-corrected chi connectivity index (χ3v) is 2.29. The van der Waals surface area contributed by atoms with Crippen LogP contribution in [0, 0.1) is 0 Å². The second-order valence-electron chi connectivity index (χ2n) is 1.69. The largest absolute Gasteiger partial charge is 0.482 e. The highest BCUT2D eigenvalue weighted by molar-refractivity contribution is 7.92. The molecule has 0 aliphatic carbocycles. The van der Waals surface area contributed by atoms with E-state index in [4.69, 9.17) is 4.55 Å². The highest BCUT2D eigenvalue weighted by Crippen LogP contribution is 1.94. The maximum atomic E-state index is 10.7. The van der Waals surface area contributed by atoms with E-state index in [2.05, 4.69) is 12.9 Å². The first kappa shape index (κ1) is 10.1. The van der Waals surface area contributed by atoms with Gasteiger partial charge in [0.1, 0.15) is 6.33 Å². The molecule has 74 valence electrons. The summed E-state index contributed by atoms with van der Waals surface area (Å²) >= 11 is -2.94. The summed E-state index contributed by atoms with van der Waals surface area (Å²) in [7, 11) is -4.53. The lowest BCUT2D eigenvalue weighted by Crippen LogP contribution is -2.21. The van der Waals surface area contributed by atoms with Gasteiger partial charge in [0.2, 0.25) is 0 Å². The summed E-state index contributed by atoms with van der Waals surface area (Å²) in [5, 5.41) is 0. The fourth-order valence-corrected chi connectivity index (χ4v) is 1.45. The molecule has 1 heterocycles. The van der Waals surface area contributed by atoms with E-state index in [0.717, 1.165) is 6.33 Å². The maximum Gasteiger partial charge on any atom is 0.482 e. The standard InChI is InChI=1S/C3H4N2O6S2/c6-12(7)11-13(8,9)10-5-2-1-4-3-5/h1-3H,(H,6,7). The van der Waals surface area contributed by atoms with Crippen LogP contribution in [-0.4, -0.2) is 26.9 Å². The van der Waals surface area contributed by atoms with Crippen molar-refractivity contribution in [2.75, 3.05) is 0 Å². The predicted molar refractivity (Wildman–Crippen MR) is 39.6 cm³/mol. The second-order valence-corrected chi connectivity index (χ2v) is 3.63. The lowest BCUT2D eigenvalue weighted by Gasteiger charge is -2.01. The van der Waals surface area contributed by atoms with Gasteiger partial charge in [0.05, 0.1) is 6.20 Å². The van der Waals surface area contributed by atoms with Crippen molar-refractivity contribution >= 4 is 21.8 Å². The molecule has 1 atom stereocenters. The van der Waals surface area contributed by atoms with Crippen molar-refractivity contribution in [2.24, 2.45) is 0 Å². The van der Waals surface area contributed by atoms with E-state index < -0.39 is 21.8 Å². The molecule has 0 radical (unpaired) electrons. The van der Waals surface area contributed by atoms with Gasteiger partial charge in [-0.25, -0.2) is 4.98 Å². The summed E-state index contributed by atoms with van der Waals surface area (Å²) in [5.74, 6) is 0. The molecule has 10 heteroatoms. The van der Waals surface area contributed by atoms with Gasteiger partial charge >= 0.3 is 21.8 Å². The van der Waals surface area contributed by atoms with Crippen LogP contribution in [0.15, 0.2) is 18.7 Å². The van der Waals surface area contributed by atoms with Gasteiger partial charge in [-0.1, -0.05) is 0 Å². The summed E-state index contributed by atoms with van der Waals surface area (Å²) in [6, 6.07) is 0. The molecule has 1 rings (SSSR count). The van der Waals surface area contributed by atoms with E-state index in [1.165, 1.54) is 12.4 Å². The number of hydrogen-bond acceptors (Lipinski definition) is 6. The van der Waals surface area contributed by atoms with Crippen LogP contribution in [0.2, 0.25) is 0 Å². The molecule has 0 amide bonds. The molecule has 1 aromatic heterocycles. The molecule has 0 saturated heterocycles. The monoisotopic (exact) mass is 228 g/mol. The van der Waals surface area contributed by atoms with Gasteiger partial charge < -0.3 is 0 Å². The van der Waals surface area contributed by atoms with Gasteiger partial charge in [-0.2, -0.15) is 17.4 Å². The summed E-state index contributed by atoms with van der Waals surface area (Å²) in [4.78, 5) is 3.47. The van der Waals surface area contributed by atoms with Gasteiger partial charge in [-0.15, -0.1) is 3.63 Å². The maximum absolute atomic E-state index is 10.7. The number of aromatic nitrogens is 2. The zero-order valence-corrected chi connectivity index (χ0v) is 7.56. The average Bonchev–Trinajstić information content (AvgIpc) is 2.34. The molecule has 0 spiro atoms.